The molecule has 3 aromatic rings. The summed E-state index contributed by atoms with van der Waals surface area (Å²) in [5.74, 6) is -0.635. The van der Waals surface area contributed by atoms with Crippen molar-refractivity contribution in [3.05, 3.63) is 69.8 Å². The average molecular weight is 573 g/mol. The molecule has 0 aliphatic carbocycles. The van der Waals surface area contributed by atoms with Crippen LogP contribution in [0, 0.1) is 13.8 Å². The van der Waals surface area contributed by atoms with Gasteiger partial charge in [0.15, 0.2) is 0 Å². The Morgan fingerprint density at radius 3 is 2.26 bits per heavy atom. The molecular weight excluding hydrogens is 536 g/mol. The first-order valence-corrected chi connectivity index (χ1v) is 13.9. The highest BCUT2D eigenvalue weighted by molar-refractivity contribution is 5.93. The summed E-state index contributed by atoms with van der Waals surface area (Å²) in [6.07, 6.45) is 0.00686. The van der Waals surface area contributed by atoms with E-state index in [1.165, 1.54) is 21.1 Å². The summed E-state index contributed by atoms with van der Waals surface area (Å²) in [6, 6.07) is 9.34. The molecule has 5 rings (SSSR count). The number of carbonyl (C=O) groups excluding carboxylic acids is 2. The number of nitrogens with zero attached hydrogens (tertiary/aromatic N) is 2. The molecule has 0 fully saturated rings. The van der Waals surface area contributed by atoms with E-state index in [9.17, 15) is 19.8 Å². The number of aliphatic hydroxyl groups excluding tert-OH is 1. The molecular formula is C32H36N4O6. The zero-order chi connectivity index (χ0) is 30.3. The number of H-pyrrole nitrogens is 2. The van der Waals surface area contributed by atoms with Crippen molar-refractivity contribution in [2.45, 2.75) is 65.1 Å². The van der Waals surface area contributed by atoms with Crippen molar-refractivity contribution in [3.8, 4) is 0 Å². The molecule has 8 bridgehead atoms. The van der Waals surface area contributed by atoms with Gasteiger partial charge in [-0.15, -0.1) is 0 Å². The summed E-state index contributed by atoms with van der Waals surface area (Å²) in [7, 11) is 2.73. The number of aliphatic hydroxyl groups is 2. The number of hydrogen-bond donors (Lipinski definition) is 4. The number of aryl methyl sites for hydroxylation is 3. The van der Waals surface area contributed by atoms with Crippen LogP contribution >= 0.6 is 0 Å². The monoisotopic (exact) mass is 572 g/mol. The van der Waals surface area contributed by atoms with E-state index < -0.39 is 11.7 Å². The van der Waals surface area contributed by atoms with Gasteiger partial charge in [-0.25, -0.2) is 4.98 Å². The molecule has 0 aromatic carbocycles. The minimum Gasteiger partial charge on any atom is -0.469 e. The van der Waals surface area contributed by atoms with Gasteiger partial charge in [0.05, 0.1) is 37.0 Å². The van der Waals surface area contributed by atoms with E-state index in [-0.39, 0.29) is 24.8 Å². The van der Waals surface area contributed by atoms with Crippen LogP contribution in [0.15, 0.2) is 30.3 Å². The lowest BCUT2D eigenvalue weighted by Gasteiger charge is -2.20. The molecule has 220 valence electrons. The zero-order valence-electron chi connectivity index (χ0n) is 24.7. The Morgan fingerprint density at radius 1 is 0.881 bits per heavy atom. The van der Waals surface area contributed by atoms with Gasteiger partial charge >= 0.3 is 11.9 Å². The maximum absolute atomic E-state index is 12.1. The molecule has 0 saturated heterocycles. The molecule has 5 heterocycles. The van der Waals surface area contributed by atoms with Crippen LogP contribution in [0.3, 0.4) is 0 Å². The summed E-state index contributed by atoms with van der Waals surface area (Å²) in [4.78, 5) is 40.6. The number of rotatable bonds is 6. The molecule has 42 heavy (non-hydrogen) atoms. The first-order chi connectivity index (χ1) is 19.9. The van der Waals surface area contributed by atoms with E-state index >= 15 is 0 Å². The number of hydrogen-bond acceptors (Lipinski definition) is 8. The quantitative estimate of drug-likeness (QED) is 0.306. The molecule has 2 aliphatic heterocycles. The molecule has 10 nitrogen and oxygen atoms in total. The largest absolute Gasteiger partial charge is 0.469 e. The molecule has 4 N–H and O–H groups in total. The molecule has 0 spiro atoms. The molecule has 2 atom stereocenters. The number of fused-ring (bicyclic) bond motifs is 8. The molecule has 0 radical (unpaired) electrons. The number of nitrogens with one attached hydrogen (secondary N) is 2. The van der Waals surface area contributed by atoms with Gasteiger partial charge in [-0.05, 0) is 98.7 Å². The Labute approximate surface area is 243 Å². The lowest BCUT2D eigenvalue weighted by molar-refractivity contribution is -0.141. The van der Waals surface area contributed by atoms with E-state index in [0.717, 1.165) is 50.1 Å². The highest BCUT2D eigenvalue weighted by atomic mass is 16.5. The van der Waals surface area contributed by atoms with E-state index in [1.807, 2.05) is 39.0 Å². The van der Waals surface area contributed by atoms with Gasteiger partial charge in [0, 0.05) is 34.9 Å². The number of carbonyl (C=O) groups is 2. The lowest BCUT2D eigenvalue weighted by atomic mass is 9.95. The van der Waals surface area contributed by atoms with Crippen molar-refractivity contribution in [3.63, 3.8) is 0 Å². The van der Waals surface area contributed by atoms with E-state index in [1.54, 1.807) is 12.1 Å². The third-order valence-corrected chi connectivity index (χ3v) is 8.25. The van der Waals surface area contributed by atoms with Crippen LogP contribution < -0.4 is 0 Å². The maximum atomic E-state index is 12.1. The van der Waals surface area contributed by atoms with Gasteiger partial charge in [-0.2, -0.15) is 0 Å². The average Bonchev–Trinajstić information content (AvgIpc) is 3.61. The van der Waals surface area contributed by atoms with Gasteiger partial charge in [0.1, 0.15) is 11.7 Å². The number of ether oxygens (including phenoxy) is 2. The fourth-order valence-electron chi connectivity index (χ4n) is 5.56. The van der Waals surface area contributed by atoms with E-state index in [4.69, 9.17) is 14.5 Å². The summed E-state index contributed by atoms with van der Waals surface area (Å²) in [5, 5.41) is 22.3. The standard InChI is InChI=1S/C32H36N4O6/c1-16-11-19-12-23-17(2)20(7-9-29(37)41-5)25(34-23)14-26-21(8-10-30(38)42-6)18(3)24(35-26)15-28-32(4,40)31(39)27(36-28)13-22(16)33-19/h11-15,31,33,35,39-40H,7-10H2,1-6H3. The summed E-state index contributed by atoms with van der Waals surface area (Å²) in [5.41, 5.74) is 8.05. The number of esters is 2. The minimum atomic E-state index is -1.62. The minimum absolute atomic E-state index is 0.176. The van der Waals surface area contributed by atoms with Crippen LogP contribution in [-0.2, 0) is 31.1 Å². The molecule has 10 heteroatoms. The Balaban J connectivity index is 1.85. The van der Waals surface area contributed by atoms with Gasteiger partial charge < -0.3 is 29.7 Å². The van der Waals surface area contributed by atoms with Crippen LogP contribution in [0.1, 0.15) is 78.7 Å². The predicted molar refractivity (Wildman–Crippen MR) is 159 cm³/mol. The van der Waals surface area contributed by atoms with Crippen LogP contribution in [0.25, 0.3) is 33.2 Å². The van der Waals surface area contributed by atoms with Crippen molar-refractivity contribution in [2.75, 3.05) is 14.2 Å². The third-order valence-electron chi connectivity index (χ3n) is 8.25. The van der Waals surface area contributed by atoms with Crippen LogP contribution in [-0.4, -0.2) is 56.3 Å². The zero-order valence-corrected chi connectivity index (χ0v) is 24.7. The second-order valence-electron chi connectivity index (χ2n) is 11.1. The Hall–Kier alpha value is -4.28. The third kappa shape index (κ3) is 5.35. The second kappa shape index (κ2) is 11.2. The number of aromatic nitrogens is 4. The number of aromatic amines is 2. The van der Waals surface area contributed by atoms with Crippen LogP contribution in [0.4, 0.5) is 0 Å². The molecule has 0 amide bonds. The van der Waals surface area contributed by atoms with Crippen molar-refractivity contribution in [1.29, 1.82) is 0 Å². The van der Waals surface area contributed by atoms with E-state index in [2.05, 4.69) is 15.0 Å². The molecule has 2 aliphatic rings. The Morgan fingerprint density at radius 2 is 1.57 bits per heavy atom. The van der Waals surface area contributed by atoms with Crippen molar-refractivity contribution < 1.29 is 29.3 Å². The fourth-order valence-corrected chi connectivity index (χ4v) is 5.56. The first-order valence-electron chi connectivity index (χ1n) is 13.9. The molecule has 0 saturated carbocycles. The Bertz CT molecular complexity index is 1780. The van der Waals surface area contributed by atoms with E-state index in [0.29, 0.717) is 35.4 Å². The topological polar surface area (TPSA) is 150 Å². The maximum Gasteiger partial charge on any atom is 0.305 e. The molecule has 2 unspecified atom stereocenters. The van der Waals surface area contributed by atoms with Gasteiger partial charge in [-0.3, -0.25) is 14.6 Å². The second-order valence-corrected chi connectivity index (χ2v) is 11.1. The lowest BCUT2D eigenvalue weighted by Crippen LogP contribution is -2.25. The molecule has 3 aromatic heterocycles. The predicted octanol–water partition coefficient (Wildman–Crippen LogP) is 4.86. The van der Waals surface area contributed by atoms with Crippen LogP contribution in [0.5, 0.6) is 0 Å². The summed E-state index contributed by atoms with van der Waals surface area (Å²) >= 11 is 0. The van der Waals surface area contributed by atoms with Gasteiger partial charge in [-0.1, -0.05) is 0 Å². The van der Waals surface area contributed by atoms with Crippen LogP contribution in [0.2, 0.25) is 0 Å². The number of methoxy groups -OCH3 is 2. The highest BCUT2D eigenvalue weighted by Crippen LogP contribution is 2.39. The number of allylic oxidation sites excluding steroid dienone is 2. The Kier molecular flexibility index (Phi) is 7.78. The van der Waals surface area contributed by atoms with Gasteiger partial charge in [0.2, 0.25) is 0 Å². The normalized spacial score (nSPS) is 18.3. The summed E-state index contributed by atoms with van der Waals surface area (Å²) in [6.45, 7) is 7.41. The first kappa shape index (κ1) is 29.2. The van der Waals surface area contributed by atoms with Crippen molar-refractivity contribution >= 4 is 45.2 Å². The SMILES string of the molecule is COC(=O)CCC1=C(C)c2cc3cc(C)c(cc4nc(cc5[nH]c(cc1n2)c(CCC(=O)OC)c5C)C(C)(O)C4O)[nH]3. The van der Waals surface area contributed by atoms with Crippen molar-refractivity contribution in [1.82, 2.24) is 19.9 Å². The van der Waals surface area contributed by atoms with Crippen molar-refractivity contribution in [2.24, 2.45) is 0 Å². The fraction of sp³-hybridized carbons (Fsp3) is 0.375. The van der Waals surface area contributed by atoms with Gasteiger partial charge in [0.25, 0.3) is 0 Å². The highest BCUT2D eigenvalue weighted by Gasteiger charge is 2.40. The smallest absolute Gasteiger partial charge is 0.305 e. The summed E-state index contributed by atoms with van der Waals surface area (Å²) < 4.78 is 9.78.